The van der Waals surface area contributed by atoms with Crippen molar-refractivity contribution in [2.45, 2.75) is 32.4 Å². The average Bonchev–Trinajstić information content (AvgIpc) is 3.40. The van der Waals surface area contributed by atoms with E-state index < -0.39 is 18.4 Å². The lowest BCUT2D eigenvalue weighted by Crippen LogP contribution is -2.30. The van der Waals surface area contributed by atoms with Crippen LogP contribution in [0.15, 0.2) is 30.3 Å². The van der Waals surface area contributed by atoms with Gasteiger partial charge in [-0.1, -0.05) is 11.3 Å². The number of thiazole rings is 1. The van der Waals surface area contributed by atoms with Crippen LogP contribution in [0, 0.1) is 0 Å². The highest BCUT2D eigenvalue weighted by atomic mass is 32.1. The first kappa shape index (κ1) is 29.9. The van der Waals surface area contributed by atoms with Gasteiger partial charge in [0.2, 0.25) is 5.95 Å². The second-order valence-corrected chi connectivity index (χ2v) is 9.53. The van der Waals surface area contributed by atoms with Gasteiger partial charge < -0.3 is 40.6 Å². The number of nitrogens with one attached hydrogen (secondary N) is 2. The molecule has 6 N–H and O–H groups in total. The van der Waals surface area contributed by atoms with Gasteiger partial charge in [-0.15, -0.1) is 13.2 Å². The molecule has 2 aromatic carbocycles. The largest absolute Gasteiger partial charge is 0.573 e. The summed E-state index contributed by atoms with van der Waals surface area (Å²) >= 11 is 1.14. The summed E-state index contributed by atoms with van der Waals surface area (Å²) in [5.41, 5.74) is 6.87. The van der Waals surface area contributed by atoms with Crippen molar-refractivity contribution in [2.24, 2.45) is 12.8 Å². The maximum atomic E-state index is 12.5. The van der Waals surface area contributed by atoms with Crippen molar-refractivity contribution in [2.75, 3.05) is 25.5 Å². The Balaban J connectivity index is 0.000000771. The summed E-state index contributed by atoms with van der Waals surface area (Å²) in [6.45, 7) is 3.66. The number of fused-ring (bicyclic) bond motifs is 2. The number of halogens is 3. The molecule has 1 amide bonds. The highest BCUT2D eigenvalue weighted by Gasteiger charge is 2.31. The quantitative estimate of drug-likeness (QED) is 0.215. The number of carbonyl (C=O) groups excluding carboxylic acids is 1. The molecular weight excluding hydrogens is 541 g/mol. The Morgan fingerprint density at radius 1 is 1.15 bits per heavy atom. The maximum Gasteiger partial charge on any atom is 0.573 e. The number of anilines is 2. The van der Waals surface area contributed by atoms with Crippen LogP contribution in [0.5, 0.6) is 11.5 Å². The van der Waals surface area contributed by atoms with Crippen LogP contribution in [0.25, 0.3) is 21.3 Å². The van der Waals surface area contributed by atoms with Crippen molar-refractivity contribution >= 4 is 49.6 Å². The molecule has 2 aromatic heterocycles. The fourth-order valence-corrected chi connectivity index (χ4v) is 4.15. The Labute approximate surface area is 225 Å². The first-order valence-electron chi connectivity index (χ1n) is 11.6. The van der Waals surface area contributed by atoms with Crippen LogP contribution >= 0.6 is 11.3 Å². The molecule has 2 atom stereocenters. The summed E-state index contributed by atoms with van der Waals surface area (Å²) in [6.07, 6.45) is -5.82. The second-order valence-electron chi connectivity index (χ2n) is 8.50. The topological polar surface area (TPSA) is 157 Å². The van der Waals surface area contributed by atoms with Gasteiger partial charge in [0.15, 0.2) is 5.13 Å². The van der Waals surface area contributed by atoms with E-state index in [1.165, 1.54) is 25.3 Å². The van der Waals surface area contributed by atoms with Crippen molar-refractivity contribution in [1.82, 2.24) is 19.9 Å². The summed E-state index contributed by atoms with van der Waals surface area (Å²) in [6, 6.07) is 7.16. The molecule has 0 bridgehead atoms. The third-order valence-corrected chi connectivity index (χ3v) is 6.09. The number of amides is 1. The van der Waals surface area contributed by atoms with Crippen molar-refractivity contribution in [1.29, 1.82) is 0 Å². The molecule has 4 rings (SSSR count). The van der Waals surface area contributed by atoms with Gasteiger partial charge in [0.1, 0.15) is 11.5 Å². The zero-order valence-electron chi connectivity index (χ0n) is 21.5. The molecule has 15 heteroatoms. The van der Waals surface area contributed by atoms with E-state index in [1.54, 1.807) is 37.6 Å². The zero-order valence-corrected chi connectivity index (χ0v) is 22.4. The van der Waals surface area contributed by atoms with E-state index in [-0.39, 0.29) is 24.0 Å². The first-order chi connectivity index (χ1) is 18.3. The van der Waals surface area contributed by atoms with Crippen molar-refractivity contribution in [3.05, 3.63) is 35.9 Å². The molecule has 11 nitrogen and oxygen atoms in total. The van der Waals surface area contributed by atoms with Crippen LogP contribution in [0.1, 0.15) is 24.2 Å². The van der Waals surface area contributed by atoms with Gasteiger partial charge in [-0.25, -0.2) is 9.97 Å². The molecule has 0 aliphatic carbocycles. The molecule has 0 radical (unpaired) electrons. The Morgan fingerprint density at radius 2 is 1.85 bits per heavy atom. The molecule has 212 valence electrons. The predicted molar refractivity (Wildman–Crippen MR) is 142 cm³/mol. The van der Waals surface area contributed by atoms with Crippen LogP contribution in [0.3, 0.4) is 0 Å². The summed E-state index contributed by atoms with van der Waals surface area (Å²) in [5, 5.41) is 23.8. The van der Waals surface area contributed by atoms with E-state index in [2.05, 4.69) is 25.3 Å². The minimum absolute atomic E-state index is 0.0857. The summed E-state index contributed by atoms with van der Waals surface area (Å²) in [7, 11) is 3.20. The summed E-state index contributed by atoms with van der Waals surface area (Å²) < 4.78 is 49.0. The number of imidazole rings is 1. The number of hydrogen-bond donors (Lipinski definition) is 5. The van der Waals surface area contributed by atoms with E-state index in [0.717, 1.165) is 11.3 Å². The number of hydrogen-bond acceptors (Lipinski definition) is 10. The van der Waals surface area contributed by atoms with E-state index in [9.17, 15) is 23.1 Å². The number of aliphatic hydroxyl groups is 2. The third-order valence-electron chi connectivity index (χ3n) is 5.16. The Bertz CT molecular complexity index is 1440. The van der Waals surface area contributed by atoms with Gasteiger partial charge in [-0.3, -0.25) is 4.79 Å². The Morgan fingerprint density at radius 3 is 2.44 bits per heavy atom. The standard InChI is InChI=1S/C21H20F3N5O4S.C3H9NO/c1-10(30)9-25-18(31)12-7-14-15(8-16(12)32-3)29(2)19(26-14)28-20-27-13-5-4-11(6-17(13)34-20)33-21(22,23)24;1-3(5)2-4/h4-8,10,30H,9H2,1-3H3,(H,25,31)(H,26,27,28);3,5H,2,4H2,1H3. The number of benzene rings is 2. The SMILES string of the molecule is CC(O)CN.COc1cc2c(cc1C(=O)NCC(C)O)nc(Nc1nc3ccc(OC(F)(F)F)cc3s1)n2C. The number of aryl methyl sites for hydroxylation is 1. The number of nitrogens with zero attached hydrogens (tertiary/aromatic N) is 3. The molecule has 2 unspecified atom stereocenters. The Kier molecular flexibility index (Phi) is 9.55. The van der Waals surface area contributed by atoms with Gasteiger partial charge >= 0.3 is 6.36 Å². The summed E-state index contributed by atoms with van der Waals surface area (Å²) in [4.78, 5) is 21.4. The van der Waals surface area contributed by atoms with Gasteiger partial charge in [0.25, 0.3) is 5.91 Å². The number of ether oxygens (including phenoxy) is 2. The number of carbonyl (C=O) groups is 1. The van der Waals surface area contributed by atoms with Crippen LogP contribution in [-0.4, -0.2) is 69.4 Å². The monoisotopic (exact) mass is 570 g/mol. The van der Waals surface area contributed by atoms with Gasteiger partial charge in [-0.05, 0) is 32.0 Å². The van der Waals surface area contributed by atoms with Crippen LogP contribution in [0.4, 0.5) is 24.3 Å². The van der Waals surface area contributed by atoms with E-state index in [4.69, 9.17) is 15.6 Å². The fraction of sp³-hybridized carbons (Fsp3) is 0.375. The smallest absolute Gasteiger partial charge is 0.496 e. The predicted octanol–water partition coefficient (Wildman–Crippen LogP) is 3.27. The van der Waals surface area contributed by atoms with Crippen LogP contribution < -0.4 is 25.8 Å². The number of methoxy groups -OCH3 is 1. The average molecular weight is 571 g/mol. The molecule has 2 heterocycles. The number of alkyl halides is 3. The normalized spacial score (nSPS) is 13.0. The van der Waals surface area contributed by atoms with Crippen molar-refractivity contribution in [3.8, 4) is 11.5 Å². The molecule has 0 aliphatic rings. The molecule has 0 spiro atoms. The minimum atomic E-state index is -4.78. The molecule has 0 aliphatic heterocycles. The Hall–Kier alpha value is -3.66. The number of aliphatic hydroxyl groups excluding tert-OH is 2. The van der Waals surface area contributed by atoms with E-state index in [1.807, 2.05) is 0 Å². The summed E-state index contributed by atoms with van der Waals surface area (Å²) in [5.74, 6) is 0.000949. The first-order valence-corrected chi connectivity index (χ1v) is 12.4. The van der Waals surface area contributed by atoms with Crippen LogP contribution in [-0.2, 0) is 7.05 Å². The third kappa shape index (κ3) is 7.92. The van der Waals surface area contributed by atoms with Crippen molar-refractivity contribution in [3.63, 3.8) is 0 Å². The second kappa shape index (κ2) is 12.5. The lowest BCUT2D eigenvalue weighted by atomic mass is 10.1. The molecular formula is C24H29F3N6O5S. The van der Waals surface area contributed by atoms with Crippen molar-refractivity contribution < 1.29 is 37.7 Å². The molecule has 39 heavy (non-hydrogen) atoms. The minimum Gasteiger partial charge on any atom is -0.496 e. The number of aromatic nitrogens is 3. The van der Waals surface area contributed by atoms with Gasteiger partial charge in [0, 0.05) is 32.3 Å². The zero-order chi connectivity index (χ0) is 28.9. The van der Waals surface area contributed by atoms with E-state index in [0.29, 0.717) is 44.6 Å². The fourth-order valence-electron chi connectivity index (χ4n) is 3.26. The molecule has 0 saturated carbocycles. The lowest BCUT2D eigenvalue weighted by molar-refractivity contribution is -0.274. The lowest BCUT2D eigenvalue weighted by Gasteiger charge is -2.11. The maximum absolute atomic E-state index is 12.5. The van der Waals surface area contributed by atoms with E-state index >= 15 is 0 Å². The molecule has 0 saturated heterocycles. The van der Waals surface area contributed by atoms with Gasteiger partial charge in [0.05, 0.1) is 46.1 Å². The number of rotatable bonds is 8. The highest BCUT2D eigenvalue weighted by molar-refractivity contribution is 7.22. The highest BCUT2D eigenvalue weighted by Crippen LogP contribution is 2.34. The molecule has 0 fully saturated rings. The van der Waals surface area contributed by atoms with Crippen LogP contribution in [0.2, 0.25) is 0 Å². The van der Waals surface area contributed by atoms with Gasteiger partial charge in [-0.2, -0.15) is 0 Å². The molecule has 4 aromatic rings. The number of nitrogens with two attached hydrogens (primary N) is 1.